The van der Waals surface area contributed by atoms with Crippen LogP contribution in [0.2, 0.25) is 0 Å². The first-order valence-electron chi connectivity index (χ1n) is 12.4. The van der Waals surface area contributed by atoms with Crippen LogP contribution >= 0.6 is 11.8 Å². The Kier molecular flexibility index (Phi) is 6.04. The normalized spacial score (nSPS) is 47.4. The molecule has 0 saturated heterocycles. The molecule has 8 atom stereocenters. The number of ketones is 1. The second kappa shape index (κ2) is 8.02. The summed E-state index contributed by atoms with van der Waals surface area (Å²) in [5, 5.41) is 11.4. The second-order valence-corrected chi connectivity index (χ2v) is 12.5. The lowest BCUT2D eigenvalue weighted by atomic mass is 9.36. The molecule has 4 rings (SSSR count). The van der Waals surface area contributed by atoms with Crippen molar-refractivity contribution >= 4 is 28.6 Å². The molecule has 4 aliphatic rings. The topological polar surface area (TPSA) is 80.7 Å². The summed E-state index contributed by atoms with van der Waals surface area (Å²) in [5.41, 5.74) is -2.88. The van der Waals surface area contributed by atoms with E-state index in [9.17, 15) is 23.9 Å². The van der Waals surface area contributed by atoms with Gasteiger partial charge in [0.15, 0.2) is 11.4 Å². The van der Waals surface area contributed by atoms with Crippen molar-refractivity contribution in [2.75, 3.05) is 6.01 Å². The van der Waals surface area contributed by atoms with Crippen LogP contribution in [0.25, 0.3) is 0 Å². The van der Waals surface area contributed by atoms with E-state index in [4.69, 9.17) is 4.74 Å². The maximum atomic E-state index is 13.6. The van der Waals surface area contributed by atoms with E-state index in [1.807, 2.05) is 19.9 Å². The van der Waals surface area contributed by atoms with Gasteiger partial charge in [-0.15, -0.1) is 0 Å². The van der Waals surface area contributed by atoms with E-state index in [-0.39, 0.29) is 30.5 Å². The van der Waals surface area contributed by atoms with E-state index in [1.165, 1.54) is 0 Å². The molecule has 0 aromatic carbocycles. The van der Waals surface area contributed by atoms with Crippen molar-refractivity contribution in [3.63, 3.8) is 0 Å². The highest BCUT2D eigenvalue weighted by atomic mass is 32.2. The molecule has 3 fully saturated rings. The Morgan fingerprint density at radius 3 is 2.53 bits per heavy atom. The summed E-state index contributed by atoms with van der Waals surface area (Å²) < 4.78 is 19.5. The fourth-order valence-corrected chi connectivity index (χ4v) is 9.46. The average molecular weight is 493 g/mol. The number of fused-ring (bicyclic) bond motifs is 5. The average Bonchev–Trinajstić information content (AvgIpc) is 2.93. The fraction of sp³-hybridized carbons (Fsp3) is 0.741. The number of esters is 1. The fourth-order valence-electron chi connectivity index (χ4n) is 8.68. The van der Waals surface area contributed by atoms with Crippen molar-refractivity contribution < 1.29 is 28.6 Å². The number of ether oxygens (including phenoxy) is 1. The van der Waals surface area contributed by atoms with Crippen molar-refractivity contribution in [2.45, 2.75) is 85.4 Å². The minimum absolute atomic E-state index is 0.00146. The van der Waals surface area contributed by atoms with E-state index in [1.54, 1.807) is 19.1 Å². The van der Waals surface area contributed by atoms with E-state index in [2.05, 4.69) is 20.8 Å². The number of hydrogen-bond donors (Lipinski definition) is 1. The van der Waals surface area contributed by atoms with Crippen molar-refractivity contribution in [3.8, 4) is 0 Å². The molecule has 34 heavy (non-hydrogen) atoms. The van der Waals surface area contributed by atoms with Crippen LogP contribution in [0.1, 0.15) is 73.6 Å². The van der Waals surface area contributed by atoms with Gasteiger partial charge in [0, 0.05) is 28.6 Å². The summed E-state index contributed by atoms with van der Waals surface area (Å²) in [7, 11) is 0. The van der Waals surface area contributed by atoms with Gasteiger partial charge in [0.25, 0.3) is 0 Å². The van der Waals surface area contributed by atoms with Crippen LogP contribution in [0.4, 0.5) is 4.39 Å². The van der Waals surface area contributed by atoms with Gasteiger partial charge < -0.3 is 9.84 Å². The summed E-state index contributed by atoms with van der Waals surface area (Å²) in [6.45, 7) is 12.0. The molecule has 0 amide bonds. The summed E-state index contributed by atoms with van der Waals surface area (Å²) in [4.78, 5) is 38.4. The molecule has 0 radical (unpaired) electrons. The standard InChI is InChI=1S/C27H37FO5S/c1-7-21(31)33-27(22(32)34-15-28)16(2)13-24(4)19-9-8-17-12-18(29)10-11-23(17,3)26(19,6)20(30)14-25(24,27)5/h10-12,16,19-20,30H,7-9,13-15H2,1-6H3/t16-,19+,20+,23+,24+,25+,26-,27+/m1/s1. The Hall–Kier alpha value is -1.47. The molecule has 7 heteroatoms. The monoisotopic (exact) mass is 492 g/mol. The molecule has 0 aromatic rings. The highest BCUT2D eigenvalue weighted by Crippen LogP contribution is 2.78. The number of aliphatic hydroxyl groups excluding tert-OH is 1. The largest absolute Gasteiger partial charge is 0.449 e. The lowest BCUT2D eigenvalue weighted by molar-refractivity contribution is -0.241. The van der Waals surface area contributed by atoms with Crippen LogP contribution in [0.5, 0.6) is 0 Å². The third-order valence-electron chi connectivity index (χ3n) is 10.7. The number of alkyl halides is 1. The van der Waals surface area contributed by atoms with Crippen molar-refractivity contribution in [1.29, 1.82) is 0 Å². The van der Waals surface area contributed by atoms with Crippen LogP contribution in [0.3, 0.4) is 0 Å². The zero-order chi connectivity index (χ0) is 25.3. The van der Waals surface area contributed by atoms with Crippen LogP contribution in [0.15, 0.2) is 23.8 Å². The maximum Gasteiger partial charge on any atom is 0.306 e. The SMILES string of the molecule is CCC(=O)O[C@]1(C(=O)SCF)[C@H](C)C[C@@]2(C)[C@@H]3CCC4=CC(=O)C=C[C@]4(C)[C@@]3(C)[C@@H](O)C[C@@]21C. The van der Waals surface area contributed by atoms with Crippen molar-refractivity contribution in [1.82, 2.24) is 0 Å². The minimum Gasteiger partial charge on any atom is -0.449 e. The highest BCUT2D eigenvalue weighted by Gasteiger charge is 2.79. The molecule has 188 valence electrons. The first-order chi connectivity index (χ1) is 15.8. The second-order valence-electron chi connectivity index (χ2n) is 11.7. The molecule has 0 unspecified atom stereocenters. The van der Waals surface area contributed by atoms with E-state index in [0.717, 1.165) is 18.4 Å². The van der Waals surface area contributed by atoms with Crippen LogP contribution in [-0.2, 0) is 19.1 Å². The Labute approximate surface area is 206 Å². The zero-order valence-electron chi connectivity index (χ0n) is 21.1. The van der Waals surface area contributed by atoms with Crippen molar-refractivity contribution in [2.24, 2.45) is 33.5 Å². The molecule has 4 aliphatic carbocycles. The summed E-state index contributed by atoms with van der Waals surface area (Å²) in [6, 6.07) is -0.890. The third-order valence-corrected chi connectivity index (χ3v) is 11.4. The first kappa shape index (κ1) is 25.6. The van der Waals surface area contributed by atoms with Gasteiger partial charge in [0.1, 0.15) is 6.01 Å². The number of carbonyl (C=O) groups is 3. The number of aliphatic hydroxyl groups is 1. The number of rotatable bonds is 4. The van der Waals surface area contributed by atoms with Gasteiger partial charge in [-0.05, 0) is 60.9 Å². The van der Waals surface area contributed by atoms with Gasteiger partial charge >= 0.3 is 5.97 Å². The molecule has 0 aromatic heterocycles. The predicted molar refractivity (Wildman–Crippen MR) is 129 cm³/mol. The molecule has 0 heterocycles. The van der Waals surface area contributed by atoms with Gasteiger partial charge in [-0.25, -0.2) is 4.39 Å². The summed E-state index contributed by atoms with van der Waals surface area (Å²) in [6.07, 6.45) is 6.96. The lowest BCUT2D eigenvalue weighted by Crippen LogP contribution is -2.70. The number of carbonyl (C=O) groups excluding carboxylic acids is 3. The van der Waals surface area contributed by atoms with Crippen LogP contribution in [0, 0.1) is 33.5 Å². The maximum absolute atomic E-state index is 13.6. The third kappa shape index (κ3) is 2.86. The van der Waals surface area contributed by atoms with Gasteiger partial charge in [0.05, 0.1) is 6.10 Å². The van der Waals surface area contributed by atoms with E-state index in [0.29, 0.717) is 18.2 Å². The Morgan fingerprint density at radius 2 is 1.91 bits per heavy atom. The van der Waals surface area contributed by atoms with E-state index >= 15 is 0 Å². The number of thioether (sulfide) groups is 1. The molecule has 5 nitrogen and oxygen atoms in total. The quantitative estimate of drug-likeness (QED) is 0.546. The minimum atomic E-state index is -1.51. The van der Waals surface area contributed by atoms with Gasteiger partial charge in [-0.3, -0.25) is 14.4 Å². The summed E-state index contributed by atoms with van der Waals surface area (Å²) >= 11 is 0.562. The molecule has 0 spiro atoms. The smallest absolute Gasteiger partial charge is 0.306 e. The predicted octanol–water partition coefficient (Wildman–Crippen LogP) is 5.17. The Bertz CT molecular complexity index is 992. The zero-order valence-corrected chi connectivity index (χ0v) is 21.9. The Morgan fingerprint density at radius 1 is 1.24 bits per heavy atom. The van der Waals surface area contributed by atoms with Gasteiger partial charge in [-0.1, -0.05) is 53.2 Å². The summed E-state index contributed by atoms with van der Waals surface area (Å²) in [5.74, 6) is -0.832. The van der Waals surface area contributed by atoms with Gasteiger partial charge in [-0.2, -0.15) is 0 Å². The molecule has 0 aliphatic heterocycles. The van der Waals surface area contributed by atoms with Crippen LogP contribution in [-0.4, -0.2) is 39.7 Å². The molecular formula is C27H37FO5S. The Balaban J connectivity index is 1.91. The molecule has 0 bridgehead atoms. The molecule has 1 N–H and O–H groups in total. The molecule has 3 saturated carbocycles. The first-order valence-corrected chi connectivity index (χ1v) is 13.3. The number of halogens is 1. The van der Waals surface area contributed by atoms with Gasteiger partial charge in [0.2, 0.25) is 5.12 Å². The highest BCUT2D eigenvalue weighted by molar-refractivity contribution is 8.13. The number of allylic oxidation sites excluding steroid dienone is 4. The molecular weight excluding hydrogens is 455 g/mol. The van der Waals surface area contributed by atoms with Crippen LogP contribution < -0.4 is 0 Å². The van der Waals surface area contributed by atoms with Crippen molar-refractivity contribution in [3.05, 3.63) is 23.8 Å². The van der Waals surface area contributed by atoms with E-state index < -0.39 is 50.5 Å². The number of hydrogen-bond acceptors (Lipinski definition) is 6. The lowest BCUT2D eigenvalue weighted by Gasteiger charge is -2.69.